The van der Waals surface area contributed by atoms with Crippen LogP contribution in [0.1, 0.15) is 22.9 Å². The summed E-state index contributed by atoms with van der Waals surface area (Å²) in [5, 5.41) is 10.7. The van der Waals surface area contributed by atoms with Crippen molar-refractivity contribution >= 4 is 34.7 Å². The highest BCUT2D eigenvalue weighted by Gasteiger charge is 2.48. The van der Waals surface area contributed by atoms with E-state index in [4.69, 9.17) is 16.0 Å². The Morgan fingerprint density at radius 3 is 2.47 bits per heavy atom. The maximum Gasteiger partial charge on any atom is 0.300 e. The van der Waals surface area contributed by atoms with Crippen molar-refractivity contribution in [3.05, 3.63) is 93.9 Å². The van der Waals surface area contributed by atoms with Gasteiger partial charge in [0.15, 0.2) is 0 Å². The van der Waals surface area contributed by atoms with E-state index in [1.807, 2.05) is 0 Å². The summed E-state index contributed by atoms with van der Waals surface area (Å²) in [6.45, 7) is 1.51. The van der Waals surface area contributed by atoms with Gasteiger partial charge in [-0.3, -0.25) is 14.5 Å². The molecule has 1 unspecified atom stereocenters. The van der Waals surface area contributed by atoms with E-state index >= 15 is 0 Å². The molecule has 4 rings (SSSR count). The summed E-state index contributed by atoms with van der Waals surface area (Å²) in [5.41, 5.74) is 0.342. The van der Waals surface area contributed by atoms with Crippen molar-refractivity contribution in [3.63, 3.8) is 0 Å². The Kier molecular flexibility index (Phi) is 4.91. The Hall–Kier alpha value is -3.45. The third-order valence-corrected chi connectivity index (χ3v) is 5.16. The first-order valence-corrected chi connectivity index (χ1v) is 9.23. The number of furan rings is 1. The molecule has 0 saturated carbocycles. The van der Waals surface area contributed by atoms with E-state index < -0.39 is 35.1 Å². The quantitative estimate of drug-likeness (QED) is 0.355. The molecule has 0 spiro atoms. The molecule has 2 heterocycles. The summed E-state index contributed by atoms with van der Waals surface area (Å²) in [6, 6.07) is 9.39. The number of aliphatic hydroxyl groups excluding tert-OH is 1. The highest BCUT2D eigenvalue weighted by Crippen LogP contribution is 2.43. The third-order valence-electron chi connectivity index (χ3n) is 4.87. The van der Waals surface area contributed by atoms with Gasteiger partial charge >= 0.3 is 0 Å². The van der Waals surface area contributed by atoms with E-state index in [1.165, 1.54) is 43.5 Å². The maximum absolute atomic E-state index is 13.6. The molecule has 8 heteroatoms. The topological polar surface area (TPSA) is 70.8 Å². The van der Waals surface area contributed by atoms with Gasteiger partial charge < -0.3 is 9.52 Å². The largest absolute Gasteiger partial charge is 0.507 e. The summed E-state index contributed by atoms with van der Waals surface area (Å²) in [5.74, 6) is -3.34. The number of ketones is 1. The van der Waals surface area contributed by atoms with Gasteiger partial charge in [0.2, 0.25) is 0 Å². The van der Waals surface area contributed by atoms with Crippen LogP contribution in [0.3, 0.4) is 0 Å². The first-order valence-electron chi connectivity index (χ1n) is 8.85. The number of nitrogens with zero attached hydrogens (tertiary/aromatic N) is 1. The van der Waals surface area contributed by atoms with Crippen molar-refractivity contribution in [2.75, 3.05) is 4.90 Å². The summed E-state index contributed by atoms with van der Waals surface area (Å²) in [4.78, 5) is 26.8. The summed E-state index contributed by atoms with van der Waals surface area (Å²) in [7, 11) is 0. The second-order valence-corrected chi connectivity index (χ2v) is 7.15. The van der Waals surface area contributed by atoms with Crippen molar-refractivity contribution in [2.24, 2.45) is 0 Å². The van der Waals surface area contributed by atoms with Gasteiger partial charge in [0, 0.05) is 11.3 Å². The van der Waals surface area contributed by atoms with Crippen LogP contribution in [0.4, 0.5) is 14.5 Å². The van der Waals surface area contributed by atoms with Crippen LogP contribution in [-0.4, -0.2) is 16.8 Å². The summed E-state index contributed by atoms with van der Waals surface area (Å²) in [6.07, 6.45) is 1.36. The minimum atomic E-state index is -1.12. The lowest BCUT2D eigenvalue weighted by Gasteiger charge is -2.23. The van der Waals surface area contributed by atoms with Crippen LogP contribution >= 0.6 is 11.6 Å². The van der Waals surface area contributed by atoms with Crippen LogP contribution < -0.4 is 4.90 Å². The van der Waals surface area contributed by atoms with Gasteiger partial charge in [-0.15, -0.1) is 0 Å². The number of halogens is 3. The average molecular weight is 430 g/mol. The molecule has 1 aliphatic heterocycles. The lowest BCUT2D eigenvalue weighted by molar-refractivity contribution is -0.132. The van der Waals surface area contributed by atoms with Crippen LogP contribution in [0.5, 0.6) is 0 Å². The number of hydrogen-bond acceptors (Lipinski definition) is 4. The summed E-state index contributed by atoms with van der Waals surface area (Å²) >= 11 is 5.86. The number of amides is 1. The lowest BCUT2D eigenvalue weighted by atomic mass is 9.98. The highest BCUT2D eigenvalue weighted by molar-refractivity contribution is 6.51. The van der Waals surface area contributed by atoms with E-state index in [0.717, 1.165) is 17.0 Å². The van der Waals surface area contributed by atoms with Crippen LogP contribution in [0, 0.1) is 18.6 Å². The van der Waals surface area contributed by atoms with Gasteiger partial charge in [0.25, 0.3) is 11.7 Å². The first kappa shape index (κ1) is 19.8. The average Bonchev–Trinajstić information content (AvgIpc) is 3.33. The van der Waals surface area contributed by atoms with E-state index in [2.05, 4.69) is 0 Å². The molecular formula is C22H14ClF2NO4. The number of rotatable bonds is 3. The van der Waals surface area contributed by atoms with Gasteiger partial charge in [-0.2, -0.15) is 0 Å². The number of hydrogen-bond donors (Lipinski definition) is 1. The normalized spacial score (nSPS) is 18.3. The molecule has 0 radical (unpaired) electrons. The number of carbonyl (C=O) groups is 2. The predicted molar refractivity (Wildman–Crippen MR) is 106 cm³/mol. The van der Waals surface area contributed by atoms with E-state index in [1.54, 1.807) is 6.07 Å². The molecule has 0 bridgehead atoms. The van der Waals surface area contributed by atoms with Crippen molar-refractivity contribution < 1.29 is 27.9 Å². The molecule has 5 nitrogen and oxygen atoms in total. The predicted octanol–water partition coefficient (Wildman–Crippen LogP) is 5.15. The molecule has 1 N–H and O–H groups in total. The second-order valence-electron chi connectivity index (χ2n) is 6.75. The van der Waals surface area contributed by atoms with Crippen molar-refractivity contribution in [2.45, 2.75) is 13.0 Å². The number of Topliss-reactive ketones (excluding diaryl/α,β-unsaturated/α-hetero) is 1. The zero-order valence-electron chi connectivity index (χ0n) is 15.5. The molecule has 1 atom stereocenters. The van der Waals surface area contributed by atoms with Crippen molar-refractivity contribution in [3.8, 4) is 0 Å². The Labute approximate surface area is 174 Å². The molecule has 1 amide bonds. The Bertz CT molecular complexity index is 1200. The third kappa shape index (κ3) is 3.17. The van der Waals surface area contributed by atoms with Crippen LogP contribution in [-0.2, 0) is 9.59 Å². The molecule has 2 aromatic carbocycles. The fourth-order valence-corrected chi connectivity index (χ4v) is 3.57. The zero-order chi connectivity index (χ0) is 21.6. The van der Waals surface area contributed by atoms with Gasteiger partial charge in [-0.05, 0) is 61.0 Å². The van der Waals surface area contributed by atoms with Gasteiger partial charge in [-0.25, -0.2) is 8.78 Å². The molecule has 0 aliphatic carbocycles. The number of anilines is 1. The summed E-state index contributed by atoms with van der Waals surface area (Å²) < 4.78 is 32.7. The molecule has 1 aliphatic rings. The Morgan fingerprint density at radius 1 is 1.10 bits per heavy atom. The van der Waals surface area contributed by atoms with Gasteiger partial charge in [-0.1, -0.05) is 11.6 Å². The van der Waals surface area contributed by atoms with E-state index in [-0.39, 0.29) is 33.2 Å². The number of carbonyl (C=O) groups excluding carboxylic acids is 2. The Balaban J connectivity index is 1.93. The van der Waals surface area contributed by atoms with E-state index in [9.17, 15) is 23.5 Å². The number of aliphatic hydroxyl groups is 1. The van der Waals surface area contributed by atoms with E-state index in [0.29, 0.717) is 0 Å². The molecule has 152 valence electrons. The molecule has 1 fully saturated rings. The standard InChI is InChI=1S/C22H14ClF2NO4/c1-11-9-12(4-6-15(11)24)20(27)18-19(17-3-2-8-30-17)26(22(29)21(18)28)13-5-7-16(25)14(23)10-13/h2-10,19,27H,1H3/b20-18-. The zero-order valence-corrected chi connectivity index (χ0v) is 16.3. The fraction of sp³-hybridized carbons (Fsp3) is 0.0909. The number of benzene rings is 2. The lowest BCUT2D eigenvalue weighted by Crippen LogP contribution is -2.29. The number of aryl methyl sites for hydroxylation is 1. The maximum atomic E-state index is 13.6. The molecule has 3 aromatic rings. The fourth-order valence-electron chi connectivity index (χ4n) is 3.40. The second kappa shape index (κ2) is 7.42. The molecule has 30 heavy (non-hydrogen) atoms. The Morgan fingerprint density at radius 2 is 1.83 bits per heavy atom. The monoisotopic (exact) mass is 429 g/mol. The van der Waals surface area contributed by atoms with Crippen molar-refractivity contribution in [1.29, 1.82) is 0 Å². The van der Waals surface area contributed by atoms with Crippen LogP contribution in [0.25, 0.3) is 5.76 Å². The highest BCUT2D eigenvalue weighted by atomic mass is 35.5. The van der Waals surface area contributed by atoms with Gasteiger partial charge in [0.1, 0.15) is 29.2 Å². The van der Waals surface area contributed by atoms with Crippen LogP contribution in [0.15, 0.2) is 64.8 Å². The van der Waals surface area contributed by atoms with Gasteiger partial charge in [0.05, 0.1) is 16.9 Å². The smallest absolute Gasteiger partial charge is 0.300 e. The molecule has 1 saturated heterocycles. The minimum absolute atomic E-state index is 0.152. The molecular weight excluding hydrogens is 416 g/mol. The van der Waals surface area contributed by atoms with Crippen molar-refractivity contribution in [1.82, 2.24) is 0 Å². The minimum Gasteiger partial charge on any atom is -0.507 e. The van der Waals surface area contributed by atoms with Crippen LogP contribution in [0.2, 0.25) is 5.02 Å². The molecule has 1 aromatic heterocycles. The SMILES string of the molecule is Cc1cc(/C(O)=C2/C(=O)C(=O)N(c3ccc(F)c(Cl)c3)C2c2ccco2)ccc1F. The first-order chi connectivity index (χ1) is 14.3.